The number of hydrogen-bond donors (Lipinski definition) is 0. The highest BCUT2D eigenvalue weighted by Crippen LogP contribution is 2.28. The normalized spacial score (nSPS) is 11.0. The molecule has 1 heterocycles. The molecule has 0 radical (unpaired) electrons. The van der Waals surface area contributed by atoms with E-state index < -0.39 is 10.0 Å². The minimum Gasteiger partial charge on any atom is -0.237 e. The second-order valence-electron chi connectivity index (χ2n) is 5.40. The molecule has 1 aromatic heterocycles. The van der Waals surface area contributed by atoms with Gasteiger partial charge in [-0.15, -0.1) is 11.3 Å². The monoisotopic (exact) mass is 369 g/mol. The molecule has 0 saturated carbocycles. The van der Waals surface area contributed by atoms with Crippen molar-refractivity contribution in [1.82, 2.24) is 4.98 Å². The topological polar surface area (TPSA) is 74.1 Å². The van der Waals surface area contributed by atoms with E-state index in [1.807, 2.05) is 30.3 Å². The van der Waals surface area contributed by atoms with Crippen LogP contribution in [-0.4, -0.2) is 13.4 Å². The van der Waals surface area contributed by atoms with E-state index in [-0.39, 0.29) is 11.4 Å². The van der Waals surface area contributed by atoms with Gasteiger partial charge in [-0.3, -0.25) is 0 Å². The summed E-state index contributed by atoms with van der Waals surface area (Å²) in [6, 6.07) is 15.9. The first-order valence-corrected chi connectivity index (χ1v) is 9.81. The molecule has 3 rings (SSSR count). The summed E-state index contributed by atoms with van der Waals surface area (Å²) in [5, 5.41) is 11.2. The Hall–Kier alpha value is -2.69. The Morgan fingerprint density at radius 2 is 1.96 bits per heavy atom. The number of hydrogen-bond acceptors (Lipinski definition) is 5. The Bertz CT molecular complexity index is 1010. The minimum atomic E-state index is -3.80. The van der Waals surface area contributed by atoms with Gasteiger partial charge >= 0.3 is 0 Å². The zero-order valence-corrected chi connectivity index (χ0v) is 15.1. The van der Waals surface area contributed by atoms with Crippen LogP contribution in [0.25, 0.3) is 0 Å². The maximum Gasteiger partial charge on any atom is 0.266 e. The number of rotatable bonds is 5. The third-order valence-corrected chi connectivity index (χ3v) is 6.35. The van der Waals surface area contributed by atoms with E-state index in [1.54, 1.807) is 18.5 Å². The highest BCUT2D eigenvalue weighted by molar-refractivity contribution is 7.93. The van der Waals surface area contributed by atoms with Crippen molar-refractivity contribution in [3.05, 3.63) is 76.8 Å². The van der Waals surface area contributed by atoms with Crippen molar-refractivity contribution < 1.29 is 8.42 Å². The third-order valence-electron chi connectivity index (χ3n) is 3.71. The van der Waals surface area contributed by atoms with Crippen LogP contribution >= 0.6 is 11.3 Å². The summed E-state index contributed by atoms with van der Waals surface area (Å²) in [5.74, 6) is 0. The molecule has 0 N–H and O–H groups in total. The molecule has 0 fully saturated rings. The summed E-state index contributed by atoms with van der Waals surface area (Å²) in [5.41, 5.74) is 1.96. The molecule has 0 aliphatic heterocycles. The zero-order chi connectivity index (χ0) is 17.9. The van der Waals surface area contributed by atoms with E-state index in [4.69, 9.17) is 5.26 Å². The maximum absolute atomic E-state index is 13.2. The Morgan fingerprint density at radius 3 is 2.56 bits per heavy atom. The van der Waals surface area contributed by atoms with Gasteiger partial charge in [0.1, 0.15) is 0 Å². The van der Waals surface area contributed by atoms with Crippen LogP contribution < -0.4 is 4.31 Å². The van der Waals surface area contributed by atoms with Gasteiger partial charge in [0, 0.05) is 11.6 Å². The summed E-state index contributed by atoms with van der Waals surface area (Å²) in [6.45, 7) is 1.91. The summed E-state index contributed by atoms with van der Waals surface area (Å²) in [6.07, 6.45) is 1.58. The van der Waals surface area contributed by atoms with Crippen LogP contribution in [0.2, 0.25) is 0 Å². The molecule has 0 spiro atoms. The van der Waals surface area contributed by atoms with E-state index in [0.717, 1.165) is 5.56 Å². The Kier molecular flexibility index (Phi) is 4.83. The van der Waals surface area contributed by atoms with Crippen molar-refractivity contribution in [2.24, 2.45) is 0 Å². The number of thiazole rings is 1. The smallest absolute Gasteiger partial charge is 0.237 e. The number of aromatic nitrogens is 1. The van der Waals surface area contributed by atoms with E-state index >= 15 is 0 Å². The van der Waals surface area contributed by atoms with Crippen LogP contribution in [0, 0.1) is 18.3 Å². The zero-order valence-electron chi connectivity index (χ0n) is 13.5. The van der Waals surface area contributed by atoms with Crippen LogP contribution in [-0.2, 0) is 16.6 Å². The third kappa shape index (κ3) is 3.55. The predicted octanol–water partition coefficient (Wildman–Crippen LogP) is 3.72. The molecule has 7 heteroatoms. The lowest BCUT2D eigenvalue weighted by Crippen LogP contribution is -2.30. The number of sulfonamides is 1. The Morgan fingerprint density at radius 1 is 1.20 bits per heavy atom. The van der Waals surface area contributed by atoms with Gasteiger partial charge in [-0.1, -0.05) is 30.3 Å². The molecule has 3 aromatic rings. The molecule has 5 nitrogen and oxygen atoms in total. The fourth-order valence-corrected chi connectivity index (χ4v) is 4.76. The van der Waals surface area contributed by atoms with Gasteiger partial charge in [-0.2, -0.15) is 5.26 Å². The van der Waals surface area contributed by atoms with Crippen molar-refractivity contribution in [2.45, 2.75) is 18.4 Å². The molecule has 0 amide bonds. The van der Waals surface area contributed by atoms with Crippen molar-refractivity contribution in [3.63, 3.8) is 0 Å². The molecule has 0 aliphatic rings. The molecule has 25 heavy (non-hydrogen) atoms. The van der Waals surface area contributed by atoms with Crippen molar-refractivity contribution in [1.29, 1.82) is 5.26 Å². The van der Waals surface area contributed by atoms with Gasteiger partial charge in [-0.05, 0) is 36.2 Å². The molecule has 2 aromatic carbocycles. The van der Waals surface area contributed by atoms with E-state index in [0.29, 0.717) is 16.3 Å². The number of aryl methyl sites for hydroxylation is 1. The summed E-state index contributed by atoms with van der Waals surface area (Å²) < 4.78 is 27.7. The van der Waals surface area contributed by atoms with Gasteiger partial charge in [0.15, 0.2) is 5.13 Å². The second kappa shape index (κ2) is 7.05. The van der Waals surface area contributed by atoms with Crippen LogP contribution in [0.3, 0.4) is 0 Å². The Balaban J connectivity index is 2.06. The second-order valence-corrected chi connectivity index (χ2v) is 8.14. The fourth-order valence-electron chi connectivity index (χ4n) is 2.39. The van der Waals surface area contributed by atoms with Crippen molar-refractivity contribution >= 4 is 26.5 Å². The Labute approximate surface area is 150 Å². The highest BCUT2D eigenvalue weighted by Gasteiger charge is 2.27. The van der Waals surface area contributed by atoms with Gasteiger partial charge in [-0.25, -0.2) is 17.7 Å². The van der Waals surface area contributed by atoms with Crippen molar-refractivity contribution in [2.75, 3.05) is 4.31 Å². The van der Waals surface area contributed by atoms with Crippen LogP contribution in [0.1, 0.15) is 16.7 Å². The molecule has 126 valence electrons. The van der Waals surface area contributed by atoms with Gasteiger partial charge in [0.25, 0.3) is 10.0 Å². The number of nitriles is 1. The average Bonchev–Trinajstić information content (AvgIpc) is 3.14. The lowest BCUT2D eigenvalue weighted by atomic mass is 10.1. The largest absolute Gasteiger partial charge is 0.266 e. The first-order chi connectivity index (χ1) is 12.0. The SMILES string of the molecule is Cc1cc(S(=O)(=O)N(Cc2ccccc2)c2nccs2)ccc1C#N. The fraction of sp³-hybridized carbons (Fsp3) is 0.111. The first kappa shape index (κ1) is 17.1. The highest BCUT2D eigenvalue weighted by atomic mass is 32.2. The van der Waals surface area contributed by atoms with Gasteiger partial charge < -0.3 is 0 Å². The van der Waals surface area contributed by atoms with E-state index in [1.165, 1.54) is 33.8 Å². The first-order valence-electron chi connectivity index (χ1n) is 7.49. The predicted molar refractivity (Wildman–Crippen MR) is 97.8 cm³/mol. The number of benzene rings is 2. The molecular formula is C18H15N3O2S2. The minimum absolute atomic E-state index is 0.148. The van der Waals surface area contributed by atoms with Gasteiger partial charge in [0.05, 0.1) is 23.1 Å². The number of nitrogens with zero attached hydrogens (tertiary/aromatic N) is 3. The molecule has 0 saturated heterocycles. The summed E-state index contributed by atoms with van der Waals surface area (Å²) in [4.78, 5) is 4.32. The van der Waals surface area contributed by atoms with E-state index in [9.17, 15) is 8.42 Å². The molecule has 0 unspecified atom stereocenters. The summed E-state index contributed by atoms with van der Waals surface area (Å²) >= 11 is 1.27. The van der Waals surface area contributed by atoms with Gasteiger partial charge in [0.2, 0.25) is 0 Å². The molecule has 0 atom stereocenters. The van der Waals surface area contributed by atoms with Crippen LogP contribution in [0.4, 0.5) is 5.13 Å². The van der Waals surface area contributed by atoms with Crippen molar-refractivity contribution in [3.8, 4) is 6.07 Å². The maximum atomic E-state index is 13.2. The molecular weight excluding hydrogens is 354 g/mol. The van der Waals surface area contributed by atoms with E-state index in [2.05, 4.69) is 11.1 Å². The quantitative estimate of drug-likeness (QED) is 0.687. The average molecular weight is 369 g/mol. The molecule has 0 bridgehead atoms. The van der Waals surface area contributed by atoms with Crippen LogP contribution in [0.15, 0.2) is 65.0 Å². The lowest BCUT2D eigenvalue weighted by molar-refractivity contribution is 0.590. The standard InChI is InChI=1S/C18H15N3O2S2/c1-14-11-17(8-7-16(14)12-19)25(22,23)21(18-20-9-10-24-18)13-15-5-3-2-4-6-15/h2-11H,13H2,1H3. The molecule has 0 aliphatic carbocycles. The number of anilines is 1. The van der Waals surface area contributed by atoms with Crippen LogP contribution in [0.5, 0.6) is 0 Å². The lowest BCUT2D eigenvalue weighted by Gasteiger charge is -2.22. The summed E-state index contributed by atoms with van der Waals surface area (Å²) in [7, 11) is -3.80.